The molecule has 0 aliphatic rings. The number of methoxy groups -OCH3 is 2. The lowest BCUT2D eigenvalue weighted by atomic mass is 10.0. The van der Waals surface area contributed by atoms with Crippen molar-refractivity contribution < 1.29 is 13.9 Å². The topological polar surface area (TPSA) is 18.5 Å². The van der Waals surface area contributed by atoms with Gasteiger partial charge in [-0.2, -0.15) is 0 Å². The first kappa shape index (κ1) is 12.4. The molecule has 2 aromatic carbocycles. The Kier molecular flexibility index (Phi) is 3.51. The molecule has 2 nitrogen and oxygen atoms in total. The van der Waals surface area contributed by atoms with Gasteiger partial charge in [-0.15, -0.1) is 0 Å². The number of hydrogen-bond acceptors (Lipinski definition) is 2. The molecular formula is C15H15FO2. The molecule has 18 heavy (non-hydrogen) atoms. The zero-order chi connectivity index (χ0) is 13.1. The third-order valence-corrected chi connectivity index (χ3v) is 2.89. The molecule has 0 unspecified atom stereocenters. The summed E-state index contributed by atoms with van der Waals surface area (Å²) in [6.07, 6.45) is 0. The fourth-order valence-electron chi connectivity index (χ4n) is 1.86. The quantitative estimate of drug-likeness (QED) is 0.819. The van der Waals surface area contributed by atoms with Gasteiger partial charge in [0.1, 0.15) is 17.3 Å². The number of ether oxygens (including phenoxy) is 2. The van der Waals surface area contributed by atoms with Crippen molar-refractivity contribution in [2.75, 3.05) is 14.2 Å². The van der Waals surface area contributed by atoms with Crippen LogP contribution in [-0.4, -0.2) is 14.2 Å². The maximum absolute atomic E-state index is 13.9. The number of halogens is 1. The molecule has 0 aliphatic heterocycles. The van der Waals surface area contributed by atoms with Gasteiger partial charge >= 0.3 is 0 Å². The van der Waals surface area contributed by atoms with Gasteiger partial charge in [-0.25, -0.2) is 4.39 Å². The minimum Gasteiger partial charge on any atom is -0.497 e. The lowest BCUT2D eigenvalue weighted by molar-refractivity contribution is 0.410. The second-order valence-electron chi connectivity index (χ2n) is 4.03. The molecule has 0 spiro atoms. The first-order valence-electron chi connectivity index (χ1n) is 5.64. The summed E-state index contributed by atoms with van der Waals surface area (Å²) in [5, 5.41) is 0. The molecule has 0 heterocycles. The van der Waals surface area contributed by atoms with Crippen LogP contribution in [0.2, 0.25) is 0 Å². The molecule has 0 amide bonds. The van der Waals surface area contributed by atoms with E-state index in [1.54, 1.807) is 32.4 Å². The predicted molar refractivity (Wildman–Crippen MR) is 69.7 cm³/mol. The zero-order valence-corrected chi connectivity index (χ0v) is 10.7. The van der Waals surface area contributed by atoms with Crippen LogP contribution < -0.4 is 9.47 Å². The number of aryl methyl sites for hydroxylation is 1. The molecule has 0 saturated heterocycles. The summed E-state index contributed by atoms with van der Waals surface area (Å²) in [5.74, 6) is 1.18. The van der Waals surface area contributed by atoms with Crippen molar-refractivity contribution in [3.05, 3.63) is 47.8 Å². The van der Waals surface area contributed by atoms with E-state index in [0.717, 1.165) is 16.9 Å². The maximum atomic E-state index is 13.9. The van der Waals surface area contributed by atoms with Crippen molar-refractivity contribution in [3.8, 4) is 22.6 Å². The molecule has 0 atom stereocenters. The van der Waals surface area contributed by atoms with Crippen LogP contribution in [0.1, 0.15) is 5.56 Å². The van der Waals surface area contributed by atoms with Crippen molar-refractivity contribution in [3.63, 3.8) is 0 Å². The summed E-state index contributed by atoms with van der Waals surface area (Å²) >= 11 is 0. The van der Waals surface area contributed by atoms with Gasteiger partial charge in [0.25, 0.3) is 0 Å². The summed E-state index contributed by atoms with van der Waals surface area (Å²) in [4.78, 5) is 0. The van der Waals surface area contributed by atoms with E-state index in [0.29, 0.717) is 11.3 Å². The van der Waals surface area contributed by atoms with Crippen LogP contribution in [0.5, 0.6) is 11.5 Å². The second kappa shape index (κ2) is 5.08. The van der Waals surface area contributed by atoms with E-state index < -0.39 is 0 Å². The Labute approximate surface area is 106 Å². The highest BCUT2D eigenvalue weighted by Crippen LogP contribution is 2.30. The van der Waals surface area contributed by atoms with E-state index in [9.17, 15) is 4.39 Å². The van der Waals surface area contributed by atoms with Gasteiger partial charge in [0.05, 0.1) is 14.2 Å². The van der Waals surface area contributed by atoms with Gasteiger partial charge < -0.3 is 9.47 Å². The van der Waals surface area contributed by atoms with Crippen LogP contribution in [0.15, 0.2) is 36.4 Å². The van der Waals surface area contributed by atoms with Crippen molar-refractivity contribution in [1.29, 1.82) is 0 Å². The molecule has 2 aromatic rings. The Hall–Kier alpha value is -2.03. The minimum absolute atomic E-state index is 0.251. The summed E-state index contributed by atoms with van der Waals surface area (Å²) in [7, 11) is 3.18. The summed E-state index contributed by atoms with van der Waals surface area (Å²) in [5.41, 5.74) is 2.11. The molecule has 0 aromatic heterocycles. The fourth-order valence-corrected chi connectivity index (χ4v) is 1.86. The van der Waals surface area contributed by atoms with Crippen LogP contribution >= 0.6 is 0 Å². The number of rotatable bonds is 3. The monoisotopic (exact) mass is 246 g/mol. The van der Waals surface area contributed by atoms with Crippen LogP contribution in [-0.2, 0) is 0 Å². The fraction of sp³-hybridized carbons (Fsp3) is 0.200. The molecule has 0 N–H and O–H groups in total. The number of benzene rings is 2. The predicted octanol–water partition coefficient (Wildman–Crippen LogP) is 3.82. The summed E-state index contributed by atoms with van der Waals surface area (Å²) in [6, 6.07) is 10.5. The smallest absolute Gasteiger partial charge is 0.131 e. The molecule has 3 heteroatoms. The third kappa shape index (κ3) is 2.30. The largest absolute Gasteiger partial charge is 0.497 e. The first-order valence-corrected chi connectivity index (χ1v) is 5.64. The molecule has 94 valence electrons. The van der Waals surface area contributed by atoms with Gasteiger partial charge in [-0.1, -0.05) is 12.1 Å². The second-order valence-corrected chi connectivity index (χ2v) is 4.03. The van der Waals surface area contributed by atoms with E-state index in [4.69, 9.17) is 9.47 Å². The van der Waals surface area contributed by atoms with Crippen molar-refractivity contribution >= 4 is 0 Å². The Morgan fingerprint density at radius 3 is 2.17 bits per heavy atom. The average molecular weight is 246 g/mol. The van der Waals surface area contributed by atoms with Gasteiger partial charge in [-0.05, 0) is 42.3 Å². The lowest BCUT2D eigenvalue weighted by Gasteiger charge is -2.10. The van der Waals surface area contributed by atoms with Gasteiger partial charge in [0.2, 0.25) is 0 Å². The van der Waals surface area contributed by atoms with Crippen molar-refractivity contribution in [2.24, 2.45) is 0 Å². The van der Waals surface area contributed by atoms with Gasteiger partial charge in [0, 0.05) is 5.56 Å². The van der Waals surface area contributed by atoms with E-state index in [2.05, 4.69) is 0 Å². The maximum Gasteiger partial charge on any atom is 0.131 e. The Bertz CT molecular complexity index is 547. The van der Waals surface area contributed by atoms with Crippen LogP contribution in [0, 0.1) is 12.7 Å². The molecule has 0 radical (unpaired) electrons. The lowest BCUT2D eigenvalue weighted by Crippen LogP contribution is -1.92. The average Bonchev–Trinajstić information content (AvgIpc) is 2.39. The highest BCUT2D eigenvalue weighted by atomic mass is 19.1. The van der Waals surface area contributed by atoms with Crippen LogP contribution in [0.3, 0.4) is 0 Å². The normalized spacial score (nSPS) is 10.2. The standard InChI is InChI=1S/C15H15FO2/c1-10-8-14(16)13(9-15(10)18-3)11-4-6-12(17-2)7-5-11/h4-9H,1-3H3. The van der Waals surface area contributed by atoms with Crippen molar-refractivity contribution in [1.82, 2.24) is 0 Å². The van der Waals surface area contributed by atoms with E-state index >= 15 is 0 Å². The van der Waals surface area contributed by atoms with E-state index in [1.165, 1.54) is 6.07 Å². The summed E-state index contributed by atoms with van der Waals surface area (Å²) in [6.45, 7) is 1.82. The van der Waals surface area contributed by atoms with E-state index in [-0.39, 0.29) is 5.82 Å². The molecule has 2 rings (SSSR count). The Morgan fingerprint density at radius 1 is 0.944 bits per heavy atom. The molecular weight excluding hydrogens is 231 g/mol. The molecule has 0 saturated carbocycles. The molecule has 0 aliphatic carbocycles. The summed E-state index contributed by atoms with van der Waals surface area (Å²) < 4.78 is 24.2. The SMILES string of the molecule is COc1ccc(-c2cc(OC)c(C)cc2F)cc1. The first-order chi connectivity index (χ1) is 8.65. The Balaban J connectivity index is 2.48. The Morgan fingerprint density at radius 2 is 1.61 bits per heavy atom. The van der Waals surface area contributed by atoms with Gasteiger partial charge in [-0.3, -0.25) is 0 Å². The molecule has 0 fully saturated rings. The minimum atomic E-state index is -0.251. The third-order valence-electron chi connectivity index (χ3n) is 2.89. The van der Waals surface area contributed by atoms with E-state index in [1.807, 2.05) is 19.1 Å². The van der Waals surface area contributed by atoms with Gasteiger partial charge in [0.15, 0.2) is 0 Å². The van der Waals surface area contributed by atoms with Crippen LogP contribution in [0.25, 0.3) is 11.1 Å². The van der Waals surface area contributed by atoms with Crippen LogP contribution in [0.4, 0.5) is 4.39 Å². The highest BCUT2D eigenvalue weighted by molar-refractivity contribution is 5.67. The number of hydrogen-bond donors (Lipinski definition) is 0. The highest BCUT2D eigenvalue weighted by Gasteiger charge is 2.09. The molecule has 0 bridgehead atoms. The zero-order valence-electron chi connectivity index (χ0n) is 10.7. The van der Waals surface area contributed by atoms with Crippen molar-refractivity contribution in [2.45, 2.75) is 6.92 Å².